The quantitative estimate of drug-likeness (QED) is 0.942. The molecule has 0 spiro atoms. The third-order valence-electron chi connectivity index (χ3n) is 4.11. The summed E-state index contributed by atoms with van der Waals surface area (Å²) in [6, 6.07) is 10.7. The van der Waals surface area contributed by atoms with Gasteiger partial charge in [-0.2, -0.15) is 0 Å². The van der Waals surface area contributed by atoms with Gasteiger partial charge in [0.15, 0.2) is 0 Å². The van der Waals surface area contributed by atoms with Crippen LogP contribution in [0, 0.1) is 5.82 Å². The van der Waals surface area contributed by atoms with Crippen LogP contribution in [0.1, 0.15) is 18.9 Å². The van der Waals surface area contributed by atoms with Gasteiger partial charge in [-0.05, 0) is 47.4 Å². The Morgan fingerprint density at radius 3 is 2.48 bits per heavy atom. The molecule has 2 aromatic rings. The molecule has 0 saturated carbocycles. The Balaban J connectivity index is 1.99. The first kappa shape index (κ1) is 15.2. The maximum atomic E-state index is 13.0. The molecule has 0 radical (unpaired) electrons. The summed E-state index contributed by atoms with van der Waals surface area (Å²) in [5, 5.41) is 9.31. The summed E-state index contributed by atoms with van der Waals surface area (Å²) < 4.78 is 13.0. The molecule has 3 rings (SSSR count). The number of carboxylic acids is 1. The summed E-state index contributed by atoms with van der Waals surface area (Å²) in [5.74, 6) is -1.51. The van der Waals surface area contributed by atoms with Gasteiger partial charge in [-0.1, -0.05) is 25.1 Å². The smallest absolute Gasteiger partial charge is 0.326 e. The highest BCUT2D eigenvalue weighted by atomic mass is 19.1. The Morgan fingerprint density at radius 2 is 1.87 bits per heavy atom. The molecular formula is C18H16FNO3. The van der Waals surface area contributed by atoms with Crippen molar-refractivity contribution in [2.75, 3.05) is 4.90 Å². The average Bonchev–Trinajstić information content (AvgIpc) is 2.84. The van der Waals surface area contributed by atoms with Crippen LogP contribution in [0.3, 0.4) is 0 Å². The molecule has 1 aliphatic rings. The molecule has 1 atom stereocenters. The molecule has 1 unspecified atom stereocenters. The number of benzene rings is 2. The Kier molecular flexibility index (Phi) is 3.86. The maximum absolute atomic E-state index is 13.0. The molecule has 4 nitrogen and oxygen atoms in total. The molecule has 0 fully saturated rings. The van der Waals surface area contributed by atoms with Gasteiger partial charge >= 0.3 is 5.97 Å². The van der Waals surface area contributed by atoms with Gasteiger partial charge < -0.3 is 5.11 Å². The number of carbonyl (C=O) groups is 2. The monoisotopic (exact) mass is 313 g/mol. The Hall–Kier alpha value is -2.69. The van der Waals surface area contributed by atoms with E-state index in [0.717, 1.165) is 16.7 Å². The lowest BCUT2D eigenvalue weighted by Crippen LogP contribution is -2.42. The van der Waals surface area contributed by atoms with E-state index in [-0.39, 0.29) is 18.1 Å². The first-order valence-corrected chi connectivity index (χ1v) is 7.45. The van der Waals surface area contributed by atoms with Crippen molar-refractivity contribution in [1.29, 1.82) is 0 Å². The van der Waals surface area contributed by atoms with E-state index in [1.165, 1.54) is 17.0 Å². The Bertz CT molecular complexity index is 770. The molecule has 1 aliphatic heterocycles. The number of nitrogens with zero attached hydrogens (tertiary/aromatic N) is 1. The van der Waals surface area contributed by atoms with Gasteiger partial charge in [-0.15, -0.1) is 0 Å². The van der Waals surface area contributed by atoms with Gasteiger partial charge in [0, 0.05) is 5.69 Å². The zero-order valence-electron chi connectivity index (χ0n) is 12.6. The van der Waals surface area contributed by atoms with Crippen molar-refractivity contribution in [3.63, 3.8) is 0 Å². The fourth-order valence-electron chi connectivity index (χ4n) is 2.98. The van der Waals surface area contributed by atoms with Crippen LogP contribution in [0.2, 0.25) is 0 Å². The zero-order chi connectivity index (χ0) is 16.6. The number of carboxylic acid groups (broad SMARTS) is 1. The van der Waals surface area contributed by atoms with Gasteiger partial charge in [0.25, 0.3) is 0 Å². The van der Waals surface area contributed by atoms with E-state index < -0.39 is 12.0 Å². The van der Waals surface area contributed by atoms with Gasteiger partial charge in [-0.25, -0.2) is 9.18 Å². The van der Waals surface area contributed by atoms with Crippen LogP contribution in [0.25, 0.3) is 11.1 Å². The standard InChI is InChI=1S/C18H16FNO3/c1-2-15(18(22)23)20-16-8-5-12(9-13(16)10-17(20)21)11-3-6-14(19)7-4-11/h3-9,15H,2,10H2,1H3,(H,22,23). The molecule has 1 amide bonds. The number of halogens is 1. The third kappa shape index (κ3) is 2.70. The number of amides is 1. The van der Waals surface area contributed by atoms with Crippen molar-refractivity contribution in [2.45, 2.75) is 25.8 Å². The van der Waals surface area contributed by atoms with Crippen molar-refractivity contribution in [3.05, 3.63) is 53.8 Å². The lowest BCUT2D eigenvalue weighted by Gasteiger charge is -2.24. The highest BCUT2D eigenvalue weighted by Crippen LogP contribution is 2.34. The van der Waals surface area contributed by atoms with Crippen LogP contribution in [-0.4, -0.2) is 23.0 Å². The van der Waals surface area contributed by atoms with Crippen LogP contribution < -0.4 is 4.90 Å². The number of hydrogen-bond donors (Lipinski definition) is 1. The number of carbonyl (C=O) groups excluding carboxylic acids is 1. The lowest BCUT2D eigenvalue weighted by atomic mass is 10.0. The number of fused-ring (bicyclic) bond motifs is 1. The van der Waals surface area contributed by atoms with E-state index >= 15 is 0 Å². The molecule has 1 N–H and O–H groups in total. The number of hydrogen-bond acceptors (Lipinski definition) is 2. The molecule has 0 bridgehead atoms. The second-order valence-corrected chi connectivity index (χ2v) is 5.55. The fraction of sp³-hybridized carbons (Fsp3) is 0.222. The van der Waals surface area contributed by atoms with Gasteiger partial charge in [-0.3, -0.25) is 9.69 Å². The molecule has 2 aromatic carbocycles. The van der Waals surface area contributed by atoms with Crippen molar-refractivity contribution in [3.8, 4) is 11.1 Å². The summed E-state index contributed by atoms with van der Waals surface area (Å²) in [6.45, 7) is 1.75. The SMILES string of the molecule is CCC(C(=O)O)N1C(=O)Cc2cc(-c3ccc(F)cc3)ccc21. The second kappa shape index (κ2) is 5.83. The number of anilines is 1. The predicted molar refractivity (Wildman–Crippen MR) is 84.7 cm³/mol. The number of aliphatic carboxylic acids is 1. The third-order valence-corrected chi connectivity index (χ3v) is 4.11. The minimum absolute atomic E-state index is 0.189. The molecule has 23 heavy (non-hydrogen) atoms. The van der Waals surface area contributed by atoms with Crippen LogP contribution in [0.15, 0.2) is 42.5 Å². The van der Waals surface area contributed by atoms with E-state index in [2.05, 4.69) is 0 Å². The maximum Gasteiger partial charge on any atom is 0.326 e. The van der Waals surface area contributed by atoms with E-state index in [4.69, 9.17) is 0 Å². The highest BCUT2D eigenvalue weighted by molar-refractivity contribution is 6.05. The normalized spacial score (nSPS) is 14.7. The van der Waals surface area contributed by atoms with Gasteiger partial charge in [0.05, 0.1) is 6.42 Å². The minimum atomic E-state index is -1.00. The Labute approximate surface area is 133 Å². The molecule has 1 heterocycles. The van der Waals surface area contributed by atoms with E-state index in [0.29, 0.717) is 12.1 Å². The summed E-state index contributed by atoms with van der Waals surface area (Å²) in [5.41, 5.74) is 3.18. The Morgan fingerprint density at radius 1 is 1.22 bits per heavy atom. The average molecular weight is 313 g/mol. The predicted octanol–water partition coefficient (Wildman–Crippen LogP) is 3.25. The molecular weight excluding hydrogens is 297 g/mol. The van der Waals surface area contributed by atoms with Crippen LogP contribution in [0.5, 0.6) is 0 Å². The fourth-order valence-corrected chi connectivity index (χ4v) is 2.98. The number of rotatable bonds is 4. The molecule has 0 saturated heterocycles. The van der Waals surface area contributed by atoms with Crippen LogP contribution in [0.4, 0.5) is 10.1 Å². The largest absolute Gasteiger partial charge is 0.480 e. The van der Waals surface area contributed by atoms with Crippen molar-refractivity contribution >= 4 is 17.6 Å². The molecule has 0 aromatic heterocycles. The zero-order valence-corrected chi connectivity index (χ0v) is 12.6. The summed E-state index contributed by atoms with van der Waals surface area (Å²) >= 11 is 0. The van der Waals surface area contributed by atoms with E-state index in [1.807, 2.05) is 12.1 Å². The van der Waals surface area contributed by atoms with E-state index in [9.17, 15) is 19.1 Å². The molecule has 118 valence electrons. The topological polar surface area (TPSA) is 57.6 Å². The van der Waals surface area contributed by atoms with Crippen molar-refractivity contribution in [1.82, 2.24) is 0 Å². The van der Waals surface area contributed by atoms with Crippen molar-refractivity contribution < 1.29 is 19.1 Å². The summed E-state index contributed by atoms with van der Waals surface area (Å²) in [7, 11) is 0. The van der Waals surface area contributed by atoms with Gasteiger partial charge in [0.2, 0.25) is 5.91 Å². The summed E-state index contributed by atoms with van der Waals surface area (Å²) in [6.07, 6.45) is 0.536. The first-order chi connectivity index (χ1) is 11.0. The molecule has 5 heteroatoms. The van der Waals surface area contributed by atoms with Gasteiger partial charge in [0.1, 0.15) is 11.9 Å². The van der Waals surface area contributed by atoms with Crippen LogP contribution >= 0.6 is 0 Å². The highest BCUT2D eigenvalue weighted by Gasteiger charge is 2.35. The molecule has 0 aliphatic carbocycles. The van der Waals surface area contributed by atoms with Crippen molar-refractivity contribution in [2.24, 2.45) is 0 Å². The van der Waals surface area contributed by atoms with E-state index in [1.54, 1.807) is 25.1 Å². The second-order valence-electron chi connectivity index (χ2n) is 5.55. The minimum Gasteiger partial charge on any atom is -0.480 e. The van der Waals surface area contributed by atoms with Crippen LogP contribution in [-0.2, 0) is 16.0 Å². The lowest BCUT2D eigenvalue weighted by molar-refractivity contribution is -0.140. The first-order valence-electron chi connectivity index (χ1n) is 7.45. The summed E-state index contributed by atoms with van der Waals surface area (Å²) in [4.78, 5) is 25.0.